The molecule has 1 heterocycles. The summed E-state index contributed by atoms with van der Waals surface area (Å²) in [4.78, 5) is 16.7. The minimum Gasteiger partial charge on any atom is -0.304 e. The molecule has 2 aliphatic carbocycles. The van der Waals surface area contributed by atoms with Crippen molar-refractivity contribution in [2.24, 2.45) is 16.8 Å². The standard InChI is InChI=1S/C14H21FN2OS/c1-13(2,15)14(3)11(18)17-12(19-14)16-10-7-8-4-5-9(10)6-8/h8-10H,4-7H2,1-3H3,(H,16,17,18)/t8-,9?,10+,14?/m1/s1. The summed E-state index contributed by atoms with van der Waals surface area (Å²) in [6.07, 6.45) is 5.02. The Hall–Kier alpha value is -0.580. The van der Waals surface area contributed by atoms with E-state index in [0.717, 1.165) is 12.3 Å². The predicted octanol–water partition coefficient (Wildman–Crippen LogP) is 2.90. The van der Waals surface area contributed by atoms with Gasteiger partial charge in [-0.3, -0.25) is 9.79 Å². The molecular formula is C14H21FN2OS. The molecule has 2 unspecified atom stereocenters. The number of fused-ring (bicyclic) bond motifs is 2. The molecule has 3 fully saturated rings. The average molecular weight is 284 g/mol. The molecule has 0 aromatic carbocycles. The maximum Gasteiger partial charge on any atom is 0.245 e. The summed E-state index contributed by atoms with van der Waals surface area (Å²) < 4.78 is 13.2. The van der Waals surface area contributed by atoms with E-state index in [1.54, 1.807) is 6.92 Å². The van der Waals surface area contributed by atoms with Gasteiger partial charge in [-0.1, -0.05) is 18.2 Å². The highest BCUT2D eigenvalue weighted by atomic mass is 32.2. The van der Waals surface area contributed by atoms with E-state index in [9.17, 15) is 9.18 Å². The summed E-state index contributed by atoms with van der Waals surface area (Å²) in [5.41, 5.74) is -1.56. The number of amidine groups is 1. The lowest BCUT2D eigenvalue weighted by Gasteiger charge is -2.29. The van der Waals surface area contributed by atoms with Crippen LogP contribution in [-0.4, -0.2) is 27.5 Å². The predicted molar refractivity (Wildman–Crippen MR) is 76.0 cm³/mol. The van der Waals surface area contributed by atoms with Gasteiger partial charge in [-0.25, -0.2) is 4.39 Å². The Bertz CT molecular complexity index is 445. The van der Waals surface area contributed by atoms with Crippen LogP contribution in [0.2, 0.25) is 0 Å². The first-order valence-electron chi connectivity index (χ1n) is 7.07. The molecule has 2 bridgehead atoms. The molecule has 2 saturated carbocycles. The first kappa shape index (κ1) is 13.4. The van der Waals surface area contributed by atoms with E-state index in [4.69, 9.17) is 4.99 Å². The Kier molecular flexibility index (Phi) is 2.97. The van der Waals surface area contributed by atoms with E-state index in [1.807, 2.05) is 0 Å². The third kappa shape index (κ3) is 2.10. The van der Waals surface area contributed by atoms with Crippen LogP contribution in [0.1, 0.15) is 46.5 Å². The molecule has 106 valence electrons. The highest BCUT2D eigenvalue weighted by molar-refractivity contribution is 8.16. The van der Waals surface area contributed by atoms with Gasteiger partial charge in [-0.05, 0) is 51.9 Å². The second kappa shape index (κ2) is 4.21. The topological polar surface area (TPSA) is 41.5 Å². The van der Waals surface area contributed by atoms with Crippen molar-refractivity contribution in [2.45, 2.75) is 62.9 Å². The van der Waals surface area contributed by atoms with Crippen molar-refractivity contribution in [1.29, 1.82) is 0 Å². The van der Waals surface area contributed by atoms with E-state index in [0.29, 0.717) is 17.1 Å². The highest BCUT2D eigenvalue weighted by Gasteiger charge is 2.54. The van der Waals surface area contributed by atoms with Crippen LogP contribution in [0, 0.1) is 11.8 Å². The average Bonchev–Trinajstić information content (AvgIpc) is 2.94. The van der Waals surface area contributed by atoms with E-state index in [-0.39, 0.29) is 5.91 Å². The molecule has 0 aromatic rings. The van der Waals surface area contributed by atoms with E-state index in [1.165, 1.54) is 44.9 Å². The number of carbonyl (C=O) groups is 1. The third-order valence-corrected chi connectivity index (χ3v) is 6.55. The minimum absolute atomic E-state index is 0.257. The fourth-order valence-corrected chi connectivity index (χ4v) is 4.56. The van der Waals surface area contributed by atoms with Crippen molar-refractivity contribution in [3.63, 3.8) is 0 Å². The van der Waals surface area contributed by atoms with Crippen LogP contribution in [0.5, 0.6) is 0 Å². The van der Waals surface area contributed by atoms with E-state index < -0.39 is 10.4 Å². The Morgan fingerprint density at radius 3 is 2.63 bits per heavy atom. The van der Waals surface area contributed by atoms with E-state index >= 15 is 0 Å². The summed E-state index contributed by atoms with van der Waals surface area (Å²) in [6, 6.07) is 0.339. The molecule has 0 radical (unpaired) electrons. The summed E-state index contributed by atoms with van der Waals surface area (Å²) in [6.45, 7) is 4.58. The lowest BCUT2D eigenvalue weighted by Crippen LogP contribution is -2.48. The SMILES string of the molecule is CC(C)(F)C1(C)SC(=N[C@H]2C[C@@H]3CCC2C3)NC1=O. The Balaban J connectivity index is 1.76. The van der Waals surface area contributed by atoms with Crippen LogP contribution in [0.3, 0.4) is 0 Å². The Labute approximate surface area is 117 Å². The number of halogens is 1. The first-order valence-corrected chi connectivity index (χ1v) is 7.88. The van der Waals surface area contributed by atoms with Crippen LogP contribution in [0.15, 0.2) is 4.99 Å². The zero-order valence-electron chi connectivity index (χ0n) is 11.7. The maximum absolute atomic E-state index is 14.2. The summed E-state index contributed by atoms with van der Waals surface area (Å²) in [5.74, 6) is 1.25. The minimum atomic E-state index is -1.56. The molecule has 3 aliphatic rings. The van der Waals surface area contributed by atoms with Crippen LogP contribution in [-0.2, 0) is 4.79 Å². The number of aliphatic imine (C=N–C) groups is 1. The van der Waals surface area contributed by atoms with Crippen molar-refractivity contribution in [1.82, 2.24) is 5.32 Å². The molecule has 3 nitrogen and oxygen atoms in total. The smallest absolute Gasteiger partial charge is 0.245 e. The number of amides is 1. The third-order valence-electron chi connectivity index (χ3n) is 5.07. The number of nitrogens with one attached hydrogen (secondary N) is 1. The molecule has 1 aliphatic heterocycles. The molecule has 1 saturated heterocycles. The van der Waals surface area contributed by atoms with Crippen LogP contribution in [0.25, 0.3) is 0 Å². The molecule has 1 amide bonds. The van der Waals surface area contributed by atoms with Gasteiger partial charge in [0.25, 0.3) is 0 Å². The molecule has 3 rings (SSSR count). The number of carbonyl (C=O) groups excluding carboxylic acids is 1. The quantitative estimate of drug-likeness (QED) is 0.847. The lowest BCUT2D eigenvalue weighted by atomic mass is 9.93. The van der Waals surface area contributed by atoms with Gasteiger partial charge in [0.2, 0.25) is 5.91 Å². The Morgan fingerprint density at radius 1 is 1.42 bits per heavy atom. The number of nitrogens with zero attached hydrogens (tertiary/aromatic N) is 1. The molecule has 4 atom stereocenters. The van der Waals surface area contributed by atoms with Crippen LogP contribution in [0.4, 0.5) is 4.39 Å². The van der Waals surface area contributed by atoms with Gasteiger partial charge in [-0.15, -0.1) is 0 Å². The molecular weight excluding hydrogens is 263 g/mol. The number of alkyl halides is 1. The highest BCUT2D eigenvalue weighted by Crippen LogP contribution is 2.47. The summed E-state index contributed by atoms with van der Waals surface area (Å²) >= 11 is 1.26. The van der Waals surface area contributed by atoms with Gasteiger partial charge < -0.3 is 5.32 Å². The van der Waals surface area contributed by atoms with Crippen molar-refractivity contribution in [3.05, 3.63) is 0 Å². The van der Waals surface area contributed by atoms with Crippen LogP contribution < -0.4 is 5.32 Å². The summed E-state index contributed by atoms with van der Waals surface area (Å²) in [7, 11) is 0. The number of hydrogen-bond donors (Lipinski definition) is 1. The maximum atomic E-state index is 14.2. The Morgan fingerprint density at radius 2 is 2.16 bits per heavy atom. The van der Waals surface area contributed by atoms with Gasteiger partial charge >= 0.3 is 0 Å². The van der Waals surface area contributed by atoms with Crippen molar-refractivity contribution < 1.29 is 9.18 Å². The van der Waals surface area contributed by atoms with Gasteiger partial charge in [0.1, 0.15) is 10.4 Å². The summed E-state index contributed by atoms with van der Waals surface area (Å²) in [5, 5.41) is 3.39. The first-order chi connectivity index (χ1) is 8.79. The monoisotopic (exact) mass is 284 g/mol. The fraction of sp³-hybridized carbons (Fsp3) is 0.857. The van der Waals surface area contributed by atoms with E-state index in [2.05, 4.69) is 5.32 Å². The zero-order valence-corrected chi connectivity index (χ0v) is 12.5. The fourth-order valence-electron chi connectivity index (χ4n) is 3.45. The normalized spacial score (nSPS) is 44.1. The molecule has 0 spiro atoms. The van der Waals surface area contributed by atoms with Gasteiger partial charge in [0, 0.05) is 0 Å². The van der Waals surface area contributed by atoms with Crippen LogP contribution >= 0.6 is 11.8 Å². The van der Waals surface area contributed by atoms with Gasteiger partial charge in [0.15, 0.2) is 5.17 Å². The largest absolute Gasteiger partial charge is 0.304 e. The van der Waals surface area contributed by atoms with Gasteiger partial charge in [0.05, 0.1) is 6.04 Å². The van der Waals surface area contributed by atoms with Gasteiger partial charge in [-0.2, -0.15) is 0 Å². The van der Waals surface area contributed by atoms with Crippen molar-refractivity contribution >= 4 is 22.8 Å². The number of rotatable bonds is 2. The lowest BCUT2D eigenvalue weighted by molar-refractivity contribution is -0.124. The number of thioether (sulfide) groups is 1. The second-order valence-electron chi connectivity index (χ2n) is 6.74. The second-order valence-corrected chi connectivity index (χ2v) is 8.15. The van der Waals surface area contributed by atoms with Crippen molar-refractivity contribution in [3.8, 4) is 0 Å². The molecule has 19 heavy (non-hydrogen) atoms. The molecule has 5 heteroatoms. The van der Waals surface area contributed by atoms with Crippen molar-refractivity contribution in [2.75, 3.05) is 0 Å². The zero-order chi connectivity index (χ0) is 13.8. The molecule has 1 N–H and O–H groups in total. The number of hydrogen-bond acceptors (Lipinski definition) is 3. The molecule has 0 aromatic heterocycles.